The molecule has 2 atom stereocenters. The monoisotopic (exact) mass is 198 g/mol. The second-order valence-electron chi connectivity index (χ2n) is 4.35. The van der Waals surface area contributed by atoms with Crippen LogP contribution in [0.5, 0.6) is 0 Å². The Labute approximate surface area is 86.4 Å². The first-order valence-electron chi connectivity index (χ1n) is 5.74. The maximum absolute atomic E-state index is 11.4. The molecule has 82 valence electrons. The van der Waals surface area contributed by atoms with E-state index in [1.165, 1.54) is 12.8 Å². The fourth-order valence-corrected chi connectivity index (χ4v) is 2.12. The van der Waals surface area contributed by atoms with Crippen LogP contribution in [0.4, 0.5) is 0 Å². The van der Waals surface area contributed by atoms with Gasteiger partial charge in [-0.2, -0.15) is 0 Å². The van der Waals surface area contributed by atoms with E-state index in [4.69, 9.17) is 5.73 Å². The highest BCUT2D eigenvalue weighted by Gasteiger charge is 2.21. The number of amides is 1. The van der Waals surface area contributed by atoms with Gasteiger partial charge in [-0.3, -0.25) is 4.79 Å². The van der Waals surface area contributed by atoms with E-state index in [-0.39, 0.29) is 5.91 Å². The summed E-state index contributed by atoms with van der Waals surface area (Å²) in [6, 6.07) is 0.327. The first-order chi connectivity index (χ1) is 6.72. The van der Waals surface area contributed by atoms with E-state index in [0.717, 1.165) is 25.8 Å². The van der Waals surface area contributed by atoms with E-state index < -0.39 is 0 Å². The van der Waals surface area contributed by atoms with Gasteiger partial charge in [-0.05, 0) is 31.6 Å². The first-order valence-corrected chi connectivity index (χ1v) is 5.74. The Hall–Kier alpha value is -0.570. The number of rotatable bonds is 4. The second-order valence-corrected chi connectivity index (χ2v) is 4.35. The van der Waals surface area contributed by atoms with Gasteiger partial charge in [0.2, 0.25) is 5.91 Å². The lowest BCUT2D eigenvalue weighted by molar-refractivity contribution is -0.122. The summed E-state index contributed by atoms with van der Waals surface area (Å²) in [6.45, 7) is 2.87. The van der Waals surface area contributed by atoms with Crippen molar-refractivity contribution in [3.8, 4) is 0 Å². The predicted molar refractivity (Wildman–Crippen MR) is 57.9 cm³/mol. The maximum Gasteiger partial charge on any atom is 0.220 e. The third kappa shape index (κ3) is 4.09. The molecule has 0 aliphatic heterocycles. The number of hydrogen-bond donors (Lipinski definition) is 2. The highest BCUT2D eigenvalue weighted by Crippen LogP contribution is 2.25. The molecule has 2 unspecified atom stereocenters. The van der Waals surface area contributed by atoms with Gasteiger partial charge in [0, 0.05) is 19.0 Å². The largest absolute Gasteiger partial charge is 0.356 e. The predicted octanol–water partition coefficient (Wildman–Crippen LogP) is 1.42. The number of hydrogen-bond acceptors (Lipinski definition) is 2. The van der Waals surface area contributed by atoms with Crippen LogP contribution in [0.2, 0.25) is 0 Å². The number of nitrogens with one attached hydrogen (secondary N) is 1. The number of carbonyl (C=O) groups excluding carboxylic acids is 1. The lowest BCUT2D eigenvalue weighted by Gasteiger charge is -2.25. The lowest BCUT2D eigenvalue weighted by Crippen LogP contribution is -2.32. The van der Waals surface area contributed by atoms with Gasteiger partial charge in [0.25, 0.3) is 0 Å². The van der Waals surface area contributed by atoms with E-state index in [9.17, 15) is 4.79 Å². The Morgan fingerprint density at radius 1 is 1.50 bits per heavy atom. The lowest BCUT2D eigenvalue weighted by atomic mass is 9.84. The summed E-state index contributed by atoms with van der Waals surface area (Å²) in [5.41, 5.74) is 5.87. The summed E-state index contributed by atoms with van der Waals surface area (Å²) in [5, 5.41) is 2.91. The van der Waals surface area contributed by atoms with E-state index >= 15 is 0 Å². The van der Waals surface area contributed by atoms with Gasteiger partial charge in [0.1, 0.15) is 0 Å². The van der Waals surface area contributed by atoms with E-state index in [1.54, 1.807) is 0 Å². The highest BCUT2D eigenvalue weighted by atomic mass is 16.1. The van der Waals surface area contributed by atoms with Crippen molar-refractivity contribution in [1.29, 1.82) is 0 Å². The molecule has 3 heteroatoms. The van der Waals surface area contributed by atoms with Crippen LogP contribution in [0.15, 0.2) is 0 Å². The minimum Gasteiger partial charge on any atom is -0.356 e. The number of nitrogens with two attached hydrogens (primary N) is 1. The van der Waals surface area contributed by atoms with Gasteiger partial charge in [-0.15, -0.1) is 0 Å². The van der Waals surface area contributed by atoms with Crippen LogP contribution < -0.4 is 11.1 Å². The molecule has 14 heavy (non-hydrogen) atoms. The summed E-state index contributed by atoms with van der Waals surface area (Å²) in [4.78, 5) is 11.4. The zero-order valence-electron chi connectivity index (χ0n) is 9.09. The third-order valence-electron chi connectivity index (χ3n) is 2.87. The normalized spacial score (nSPS) is 27.3. The van der Waals surface area contributed by atoms with Crippen molar-refractivity contribution < 1.29 is 4.79 Å². The molecule has 0 saturated heterocycles. The van der Waals surface area contributed by atoms with Crippen molar-refractivity contribution in [2.75, 3.05) is 6.54 Å². The van der Waals surface area contributed by atoms with E-state index in [2.05, 4.69) is 12.2 Å². The molecular formula is C11H22N2O. The molecule has 0 radical (unpaired) electrons. The van der Waals surface area contributed by atoms with Crippen LogP contribution in [-0.2, 0) is 4.79 Å². The van der Waals surface area contributed by atoms with Crippen LogP contribution >= 0.6 is 0 Å². The fraction of sp³-hybridized carbons (Fsp3) is 0.909. The van der Waals surface area contributed by atoms with Gasteiger partial charge >= 0.3 is 0 Å². The Kier molecular flexibility index (Phi) is 4.94. The smallest absolute Gasteiger partial charge is 0.220 e. The second kappa shape index (κ2) is 6.02. The van der Waals surface area contributed by atoms with Crippen LogP contribution in [0.3, 0.4) is 0 Å². The molecule has 1 fully saturated rings. The van der Waals surface area contributed by atoms with Crippen LogP contribution in [0.25, 0.3) is 0 Å². The van der Waals surface area contributed by atoms with Crippen molar-refractivity contribution in [2.24, 2.45) is 11.7 Å². The molecule has 0 aromatic carbocycles. The van der Waals surface area contributed by atoms with Crippen molar-refractivity contribution in [2.45, 2.75) is 51.5 Å². The zero-order chi connectivity index (χ0) is 10.4. The summed E-state index contributed by atoms with van der Waals surface area (Å²) in [5.74, 6) is 0.724. The molecule has 0 spiro atoms. The fourth-order valence-electron chi connectivity index (χ4n) is 2.12. The Balaban J connectivity index is 2.18. The standard InChI is InChI=1S/C11H22N2O/c1-2-6-13-11(14)8-9-4-3-5-10(12)7-9/h9-10H,2-8,12H2,1H3,(H,13,14). The van der Waals surface area contributed by atoms with Gasteiger partial charge in [-0.25, -0.2) is 0 Å². The minimum atomic E-state index is 0.200. The molecule has 0 aromatic heterocycles. The average Bonchev–Trinajstić information content (AvgIpc) is 2.15. The Morgan fingerprint density at radius 3 is 2.93 bits per heavy atom. The van der Waals surface area contributed by atoms with Crippen molar-refractivity contribution >= 4 is 5.91 Å². The molecule has 1 saturated carbocycles. The molecular weight excluding hydrogens is 176 g/mol. The van der Waals surface area contributed by atoms with Crippen molar-refractivity contribution in [3.63, 3.8) is 0 Å². The van der Waals surface area contributed by atoms with E-state index in [1.807, 2.05) is 0 Å². The van der Waals surface area contributed by atoms with E-state index in [0.29, 0.717) is 18.4 Å². The molecule has 1 rings (SSSR count). The van der Waals surface area contributed by atoms with Crippen molar-refractivity contribution in [1.82, 2.24) is 5.32 Å². The quantitative estimate of drug-likeness (QED) is 0.718. The molecule has 0 heterocycles. The van der Waals surface area contributed by atoms with Gasteiger partial charge in [0.05, 0.1) is 0 Å². The summed E-state index contributed by atoms with van der Waals surface area (Å²) < 4.78 is 0. The molecule has 0 bridgehead atoms. The Morgan fingerprint density at radius 2 is 2.29 bits per heavy atom. The summed E-state index contributed by atoms with van der Waals surface area (Å²) in [6.07, 6.45) is 6.20. The van der Waals surface area contributed by atoms with Crippen LogP contribution in [-0.4, -0.2) is 18.5 Å². The molecule has 3 N–H and O–H groups in total. The van der Waals surface area contributed by atoms with Gasteiger partial charge in [0.15, 0.2) is 0 Å². The SMILES string of the molecule is CCCNC(=O)CC1CCCC(N)C1. The molecule has 3 nitrogen and oxygen atoms in total. The van der Waals surface area contributed by atoms with Gasteiger partial charge in [-0.1, -0.05) is 13.3 Å². The summed E-state index contributed by atoms with van der Waals surface area (Å²) >= 11 is 0. The Bertz CT molecular complexity index is 182. The van der Waals surface area contributed by atoms with Crippen LogP contribution in [0.1, 0.15) is 45.4 Å². The molecule has 1 amide bonds. The first kappa shape index (κ1) is 11.5. The maximum atomic E-state index is 11.4. The van der Waals surface area contributed by atoms with Crippen LogP contribution in [0, 0.1) is 5.92 Å². The topological polar surface area (TPSA) is 55.1 Å². The summed E-state index contributed by atoms with van der Waals surface area (Å²) in [7, 11) is 0. The molecule has 0 aromatic rings. The molecule has 1 aliphatic rings. The zero-order valence-corrected chi connectivity index (χ0v) is 9.09. The number of carbonyl (C=O) groups is 1. The van der Waals surface area contributed by atoms with Gasteiger partial charge < -0.3 is 11.1 Å². The average molecular weight is 198 g/mol. The third-order valence-corrected chi connectivity index (χ3v) is 2.87. The molecule has 1 aliphatic carbocycles. The minimum absolute atomic E-state index is 0.200. The highest BCUT2D eigenvalue weighted by molar-refractivity contribution is 5.76. The van der Waals surface area contributed by atoms with Crippen molar-refractivity contribution in [3.05, 3.63) is 0 Å².